The average molecular weight is 500 g/mol. The minimum absolute atomic E-state index is 0.141. The average Bonchev–Trinajstić information content (AvgIpc) is 2.76. The van der Waals surface area contributed by atoms with E-state index in [4.69, 9.17) is 14.2 Å². The number of hydrogen-bond donors (Lipinski definition) is 0. The molecule has 3 aromatic rings. The van der Waals surface area contributed by atoms with Gasteiger partial charge in [-0.05, 0) is 68.8 Å². The lowest BCUT2D eigenvalue weighted by atomic mass is 9.95. The Bertz CT molecular complexity index is 1230. The maximum Gasteiger partial charge on any atom is 0.410 e. The van der Waals surface area contributed by atoms with Crippen molar-refractivity contribution in [1.29, 1.82) is 0 Å². The lowest BCUT2D eigenvalue weighted by molar-refractivity contribution is -0.0221. The summed E-state index contributed by atoms with van der Waals surface area (Å²) in [6.07, 6.45) is -0.507. The predicted octanol–water partition coefficient (Wildman–Crippen LogP) is 7.39. The maximum atomic E-state index is 14.2. The van der Waals surface area contributed by atoms with Crippen LogP contribution < -0.4 is 9.47 Å². The molecule has 0 radical (unpaired) electrons. The fourth-order valence-electron chi connectivity index (χ4n) is 3.79. The number of carbonyl (C=O) groups is 1. The van der Waals surface area contributed by atoms with Gasteiger partial charge < -0.3 is 19.1 Å². The first-order chi connectivity index (χ1) is 16.9. The zero-order valence-corrected chi connectivity index (χ0v) is 20.6. The van der Waals surface area contributed by atoms with Crippen molar-refractivity contribution in [3.63, 3.8) is 0 Å². The predicted molar refractivity (Wildman–Crippen MR) is 130 cm³/mol. The van der Waals surface area contributed by atoms with Gasteiger partial charge in [-0.3, -0.25) is 0 Å². The molecular formula is C28H28F3NO4. The fourth-order valence-corrected chi connectivity index (χ4v) is 3.79. The van der Waals surface area contributed by atoms with E-state index < -0.39 is 22.9 Å². The van der Waals surface area contributed by atoms with E-state index in [1.165, 1.54) is 6.07 Å². The smallest absolute Gasteiger partial charge is 0.410 e. The van der Waals surface area contributed by atoms with Crippen molar-refractivity contribution in [2.45, 2.75) is 45.3 Å². The fraction of sp³-hybridized carbons (Fsp3) is 0.321. The molecule has 1 heterocycles. The highest BCUT2D eigenvalue weighted by atomic mass is 19.3. The zero-order chi connectivity index (χ0) is 26.1. The summed E-state index contributed by atoms with van der Waals surface area (Å²) >= 11 is 0. The molecule has 0 aromatic heterocycles. The summed E-state index contributed by atoms with van der Waals surface area (Å²) in [6.45, 7) is 7.06. The Kier molecular flexibility index (Phi) is 6.89. The molecule has 0 aliphatic carbocycles. The van der Waals surface area contributed by atoms with Crippen LogP contribution in [0.25, 0.3) is 11.1 Å². The highest BCUT2D eigenvalue weighted by molar-refractivity contribution is 5.74. The van der Waals surface area contributed by atoms with Crippen molar-refractivity contribution in [1.82, 2.24) is 4.90 Å². The van der Waals surface area contributed by atoms with Gasteiger partial charge in [-0.2, -0.15) is 0 Å². The van der Waals surface area contributed by atoms with Crippen LogP contribution in [0.5, 0.6) is 17.2 Å². The van der Waals surface area contributed by atoms with Gasteiger partial charge in [0.2, 0.25) is 0 Å². The first-order valence-corrected chi connectivity index (χ1v) is 11.6. The molecule has 1 saturated heterocycles. The number of amides is 1. The van der Waals surface area contributed by atoms with E-state index >= 15 is 0 Å². The van der Waals surface area contributed by atoms with Gasteiger partial charge in [0.1, 0.15) is 34.8 Å². The molecule has 1 fully saturated rings. The molecule has 0 saturated carbocycles. The third-order valence-electron chi connectivity index (χ3n) is 5.49. The van der Waals surface area contributed by atoms with E-state index in [0.717, 1.165) is 19.1 Å². The van der Waals surface area contributed by atoms with Crippen molar-refractivity contribution in [3.8, 4) is 28.4 Å². The Hall–Kier alpha value is -3.68. The molecule has 8 heteroatoms. The zero-order valence-electron chi connectivity index (χ0n) is 20.6. The molecule has 0 spiro atoms. The Morgan fingerprint density at radius 2 is 1.53 bits per heavy atom. The largest absolute Gasteiger partial charge is 0.487 e. The van der Waals surface area contributed by atoms with Crippen LogP contribution in [0.4, 0.5) is 18.0 Å². The summed E-state index contributed by atoms with van der Waals surface area (Å²) in [4.78, 5) is 13.6. The van der Waals surface area contributed by atoms with E-state index in [2.05, 4.69) is 0 Å². The molecule has 36 heavy (non-hydrogen) atoms. The van der Waals surface area contributed by atoms with Gasteiger partial charge in [-0.1, -0.05) is 24.3 Å². The molecule has 0 atom stereocenters. The quantitative estimate of drug-likeness (QED) is 0.355. The molecule has 1 amide bonds. The van der Waals surface area contributed by atoms with Crippen LogP contribution in [0.1, 0.15) is 33.3 Å². The summed E-state index contributed by atoms with van der Waals surface area (Å²) in [5.74, 6) is -2.52. The molecule has 3 aromatic carbocycles. The molecule has 0 N–H and O–H groups in total. The van der Waals surface area contributed by atoms with Gasteiger partial charge in [0.05, 0.1) is 13.1 Å². The van der Waals surface area contributed by atoms with Crippen LogP contribution in [0, 0.1) is 5.82 Å². The van der Waals surface area contributed by atoms with Gasteiger partial charge in [0, 0.05) is 18.1 Å². The highest BCUT2D eigenvalue weighted by Crippen LogP contribution is 2.41. The maximum absolute atomic E-state index is 14.2. The van der Waals surface area contributed by atoms with E-state index in [-0.39, 0.29) is 17.8 Å². The Morgan fingerprint density at radius 1 is 0.889 bits per heavy atom. The van der Waals surface area contributed by atoms with Gasteiger partial charge in [0.15, 0.2) is 0 Å². The number of carbonyl (C=O) groups excluding carboxylic acids is 1. The number of likely N-dealkylation sites (tertiary alicyclic amines) is 1. The Balaban J connectivity index is 1.43. The first kappa shape index (κ1) is 25.4. The van der Waals surface area contributed by atoms with Crippen molar-refractivity contribution in [2.24, 2.45) is 0 Å². The normalized spacial score (nSPS) is 14.2. The summed E-state index contributed by atoms with van der Waals surface area (Å²) in [6, 6.07) is 17.0. The van der Waals surface area contributed by atoms with E-state index in [1.54, 1.807) is 53.4 Å². The Morgan fingerprint density at radius 3 is 2.17 bits per heavy atom. The van der Waals surface area contributed by atoms with Crippen molar-refractivity contribution >= 4 is 6.09 Å². The van der Waals surface area contributed by atoms with Crippen LogP contribution in [-0.4, -0.2) is 35.8 Å². The number of para-hydroxylation sites is 1. The van der Waals surface area contributed by atoms with E-state index in [1.807, 2.05) is 20.8 Å². The van der Waals surface area contributed by atoms with Crippen molar-refractivity contribution in [3.05, 3.63) is 78.1 Å². The van der Waals surface area contributed by atoms with E-state index in [0.29, 0.717) is 35.9 Å². The Labute approximate surface area is 208 Å². The summed E-state index contributed by atoms with van der Waals surface area (Å²) in [7, 11) is 0. The molecule has 1 aliphatic rings. The number of hydrogen-bond acceptors (Lipinski definition) is 4. The number of alkyl halides is 2. The van der Waals surface area contributed by atoms with Gasteiger partial charge in [0.25, 0.3) is 5.92 Å². The minimum atomic E-state index is -3.23. The number of benzene rings is 3. The second kappa shape index (κ2) is 9.76. The van der Waals surface area contributed by atoms with Crippen LogP contribution in [0.3, 0.4) is 0 Å². The number of nitrogens with zero attached hydrogens (tertiary/aromatic N) is 1. The molecular weight excluding hydrogens is 471 g/mol. The topological polar surface area (TPSA) is 48.0 Å². The molecule has 1 aliphatic heterocycles. The van der Waals surface area contributed by atoms with Crippen LogP contribution in [-0.2, 0) is 10.7 Å². The standard InChI is InChI=1S/C28H28F3NO4/c1-27(2,3)36-26(33)32-16-21(17-32)34-19-10-12-20(13-11-19)35-25-8-6-5-7-23(25)22-14-9-18(29)15-24(22)28(4,30)31/h5-15,21H,16-17H2,1-4H3. The SMILES string of the molecule is CC(C)(C)OC(=O)N1CC(Oc2ccc(Oc3ccccc3-c3ccc(F)cc3C(C)(F)F)cc2)C1. The van der Waals surface area contributed by atoms with E-state index in [9.17, 15) is 18.0 Å². The van der Waals surface area contributed by atoms with Gasteiger partial charge in [-0.15, -0.1) is 0 Å². The lowest BCUT2D eigenvalue weighted by Gasteiger charge is -2.39. The minimum Gasteiger partial charge on any atom is -0.487 e. The third kappa shape index (κ3) is 6.11. The highest BCUT2D eigenvalue weighted by Gasteiger charge is 2.35. The molecule has 190 valence electrons. The number of ether oxygens (including phenoxy) is 3. The van der Waals surface area contributed by atoms with Crippen LogP contribution in [0.15, 0.2) is 66.7 Å². The second-order valence-electron chi connectivity index (χ2n) is 9.77. The molecule has 0 bridgehead atoms. The van der Waals surface area contributed by atoms with Crippen LogP contribution >= 0.6 is 0 Å². The summed E-state index contributed by atoms with van der Waals surface area (Å²) < 4.78 is 59.4. The number of rotatable bonds is 6. The summed E-state index contributed by atoms with van der Waals surface area (Å²) in [5.41, 5.74) is -0.346. The van der Waals surface area contributed by atoms with Gasteiger partial charge in [-0.25, -0.2) is 18.0 Å². The van der Waals surface area contributed by atoms with Crippen molar-refractivity contribution in [2.75, 3.05) is 13.1 Å². The summed E-state index contributed by atoms with van der Waals surface area (Å²) in [5, 5.41) is 0. The molecule has 0 unspecified atom stereocenters. The molecule has 4 rings (SSSR count). The molecule has 5 nitrogen and oxygen atoms in total. The van der Waals surface area contributed by atoms with Gasteiger partial charge >= 0.3 is 6.09 Å². The van der Waals surface area contributed by atoms with Crippen LogP contribution in [0.2, 0.25) is 0 Å². The first-order valence-electron chi connectivity index (χ1n) is 11.6. The monoisotopic (exact) mass is 499 g/mol. The third-order valence-corrected chi connectivity index (χ3v) is 5.49. The lowest BCUT2D eigenvalue weighted by Crippen LogP contribution is -2.57. The second-order valence-corrected chi connectivity index (χ2v) is 9.77. The number of halogens is 3. The van der Waals surface area contributed by atoms with Crippen molar-refractivity contribution < 1.29 is 32.2 Å².